The minimum Gasteiger partial charge on any atom is -0.207 e. The monoisotopic (exact) mass is 318 g/mol. The van der Waals surface area contributed by atoms with Gasteiger partial charge in [-0.3, -0.25) is 0 Å². The largest absolute Gasteiger partial charge is 0.395 e. The highest BCUT2D eigenvalue weighted by Crippen LogP contribution is 2.45. The van der Waals surface area contributed by atoms with Gasteiger partial charge in [0.25, 0.3) is 0 Å². The number of benzene rings is 3. The maximum atomic E-state index is 13.4. The summed E-state index contributed by atoms with van der Waals surface area (Å²) in [6.45, 7) is 0. The van der Waals surface area contributed by atoms with Crippen molar-refractivity contribution in [2.45, 2.75) is 31.4 Å². The van der Waals surface area contributed by atoms with E-state index in [0.29, 0.717) is 18.4 Å². The lowest BCUT2D eigenvalue weighted by Gasteiger charge is -2.28. The molecule has 0 nitrogen and oxygen atoms in total. The Kier molecular flexibility index (Phi) is 3.12. The van der Waals surface area contributed by atoms with Gasteiger partial charge in [-0.2, -0.15) is 13.2 Å². The van der Waals surface area contributed by atoms with Crippen LogP contribution in [0.1, 0.15) is 29.9 Å². The number of hydrogen-bond acceptors (Lipinski definition) is 0. The molecule has 0 saturated heterocycles. The van der Waals surface area contributed by atoms with Gasteiger partial charge in [-0.1, -0.05) is 30.3 Å². The van der Waals surface area contributed by atoms with Crippen LogP contribution in [0.25, 0.3) is 21.5 Å². The summed E-state index contributed by atoms with van der Waals surface area (Å²) in [4.78, 5) is 0. The first-order valence-electron chi connectivity index (χ1n) is 7.65. The molecule has 1 aliphatic carbocycles. The Labute approximate surface area is 130 Å². The van der Waals surface area contributed by atoms with Gasteiger partial charge >= 0.3 is 6.18 Å². The molecule has 0 aliphatic heterocycles. The van der Waals surface area contributed by atoms with Crippen LogP contribution in [0.2, 0.25) is 0 Å². The van der Waals surface area contributed by atoms with Crippen molar-refractivity contribution in [3.63, 3.8) is 0 Å². The van der Waals surface area contributed by atoms with Crippen molar-refractivity contribution < 1.29 is 17.6 Å². The van der Waals surface area contributed by atoms with E-state index in [1.165, 1.54) is 12.1 Å². The van der Waals surface area contributed by atoms with Crippen LogP contribution in [0.5, 0.6) is 0 Å². The summed E-state index contributed by atoms with van der Waals surface area (Å²) in [6.07, 6.45) is -2.85. The van der Waals surface area contributed by atoms with E-state index >= 15 is 0 Å². The lowest BCUT2D eigenvalue weighted by atomic mass is 9.79. The molecule has 1 atom stereocenters. The molecule has 4 heteroatoms. The Bertz CT molecular complexity index is 909. The number of aryl methyl sites for hydroxylation is 1. The third-order valence-corrected chi connectivity index (χ3v) is 4.82. The summed E-state index contributed by atoms with van der Waals surface area (Å²) in [6, 6.07) is 11.5. The first-order valence-corrected chi connectivity index (χ1v) is 7.65. The fraction of sp³-hybridized carbons (Fsp3) is 0.263. The molecule has 0 radical (unpaired) electrons. The van der Waals surface area contributed by atoms with E-state index in [9.17, 15) is 17.6 Å². The topological polar surface area (TPSA) is 0 Å². The molecule has 1 aliphatic rings. The Hall–Kier alpha value is -2.10. The van der Waals surface area contributed by atoms with Crippen LogP contribution >= 0.6 is 0 Å². The Balaban J connectivity index is 2.01. The third-order valence-electron chi connectivity index (χ3n) is 4.82. The normalized spacial score (nSPS) is 18.3. The maximum absolute atomic E-state index is 13.4. The zero-order valence-electron chi connectivity index (χ0n) is 12.3. The zero-order valence-corrected chi connectivity index (χ0v) is 12.3. The van der Waals surface area contributed by atoms with E-state index < -0.39 is 12.1 Å². The number of halogens is 4. The van der Waals surface area contributed by atoms with Crippen molar-refractivity contribution in [2.24, 2.45) is 0 Å². The fourth-order valence-corrected chi connectivity index (χ4v) is 3.78. The smallest absolute Gasteiger partial charge is 0.207 e. The molecule has 0 heterocycles. The molecular weight excluding hydrogens is 304 g/mol. The average molecular weight is 318 g/mol. The lowest BCUT2D eigenvalue weighted by Crippen LogP contribution is -2.25. The Morgan fingerprint density at radius 3 is 2.39 bits per heavy atom. The second kappa shape index (κ2) is 4.95. The minimum absolute atomic E-state index is 0.154. The summed E-state index contributed by atoms with van der Waals surface area (Å²) >= 11 is 0. The second-order valence-electron chi connectivity index (χ2n) is 6.15. The van der Waals surface area contributed by atoms with Crippen molar-refractivity contribution in [1.29, 1.82) is 0 Å². The van der Waals surface area contributed by atoms with Gasteiger partial charge in [0.1, 0.15) is 5.82 Å². The molecule has 0 amide bonds. The molecular formula is C19H14F4. The zero-order chi connectivity index (χ0) is 16.2. The summed E-state index contributed by atoms with van der Waals surface area (Å²) < 4.78 is 53.2. The van der Waals surface area contributed by atoms with Gasteiger partial charge in [0.2, 0.25) is 0 Å². The van der Waals surface area contributed by atoms with Crippen LogP contribution in [0.3, 0.4) is 0 Å². The predicted molar refractivity (Wildman–Crippen MR) is 83.1 cm³/mol. The molecule has 118 valence electrons. The Morgan fingerprint density at radius 1 is 0.870 bits per heavy atom. The van der Waals surface area contributed by atoms with Gasteiger partial charge in [-0.05, 0) is 64.1 Å². The highest BCUT2D eigenvalue weighted by Gasteiger charge is 2.42. The molecule has 23 heavy (non-hydrogen) atoms. The molecule has 0 N–H and O–H groups in total. The summed E-state index contributed by atoms with van der Waals surface area (Å²) in [7, 11) is 0. The molecule has 3 aromatic rings. The number of alkyl halides is 3. The maximum Gasteiger partial charge on any atom is 0.395 e. The molecule has 1 unspecified atom stereocenters. The highest BCUT2D eigenvalue weighted by molar-refractivity contribution is 6.08. The number of rotatable bonds is 0. The SMILES string of the molecule is Fc1ccc2c(ccc3c4c(ccc32)C(C(F)(F)F)CCC4)c1. The van der Waals surface area contributed by atoms with Crippen LogP contribution in [-0.4, -0.2) is 6.18 Å². The van der Waals surface area contributed by atoms with Gasteiger partial charge in [-0.25, -0.2) is 4.39 Å². The molecule has 0 aromatic heterocycles. The van der Waals surface area contributed by atoms with Crippen LogP contribution in [-0.2, 0) is 6.42 Å². The lowest BCUT2D eigenvalue weighted by molar-refractivity contribution is -0.153. The molecule has 3 aromatic carbocycles. The first-order chi connectivity index (χ1) is 10.9. The van der Waals surface area contributed by atoms with Crippen molar-refractivity contribution in [1.82, 2.24) is 0 Å². The van der Waals surface area contributed by atoms with E-state index in [-0.39, 0.29) is 12.2 Å². The van der Waals surface area contributed by atoms with Crippen molar-refractivity contribution in [3.05, 3.63) is 59.4 Å². The molecule has 0 saturated carbocycles. The number of fused-ring (bicyclic) bond motifs is 5. The van der Waals surface area contributed by atoms with Crippen molar-refractivity contribution in [2.75, 3.05) is 0 Å². The summed E-state index contributed by atoms with van der Waals surface area (Å²) in [5.41, 5.74) is 1.19. The van der Waals surface area contributed by atoms with Crippen LogP contribution < -0.4 is 0 Å². The van der Waals surface area contributed by atoms with Crippen LogP contribution in [0.4, 0.5) is 17.6 Å². The third kappa shape index (κ3) is 2.28. The quantitative estimate of drug-likeness (QED) is 0.346. The first kappa shape index (κ1) is 14.5. The van der Waals surface area contributed by atoms with Gasteiger partial charge < -0.3 is 0 Å². The van der Waals surface area contributed by atoms with Crippen LogP contribution in [0, 0.1) is 5.82 Å². The van der Waals surface area contributed by atoms with E-state index in [2.05, 4.69) is 0 Å². The minimum atomic E-state index is -4.21. The molecule has 0 bridgehead atoms. The van der Waals surface area contributed by atoms with E-state index in [1.54, 1.807) is 24.3 Å². The average Bonchev–Trinajstić information content (AvgIpc) is 2.52. The van der Waals surface area contributed by atoms with Gasteiger partial charge in [0, 0.05) is 0 Å². The Morgan fingerprint density at radius 2 is 1.61 bits per heavy atom. The van der Waals surface area contributed by atoms with Crippen molar-refractivity contribution in [3.8, 4) is 0 Å². The summed E-state index contributed by atoms with van der Waals surface area (Å²) in [5, 5.41) is 3.39. The molecule has 0 fully saturated rings. The van der Waals surface area contributed by atoms with Crippen molar-refractivity contribution >= 4 is 21.5 Å². The number of hydrogen-bond donors (Lipinski definition) is 0. The van der Waals surface area contributed by atoms with Gasteiger partial charge in [0.05, 0.1) is 5.92 Å². The van der Waals surface area contributed by atoms with Gasteiger partial charge in [-0.15, -0.1) is 0 Å². The summed E-state index contributed by atoms with van der Waals surface area (Å²) in [5.74, 6) is -1.69. The van der Waals surface area contributed by atoms with E-state index in [4.69, 9.17) is 0 Å². The van der Waals surface area contributed by atoms with E-state index in [0.717, 1.165) is 27.1 Å². The fourth-order valence-electron chi connectivity index (χ4n) is 3.78. The standard InChI is InChI=1S/C19H14F4/c20-12-5-7-13-11(10-12)4-6-16-14-2-1-3-18(19(21,22)23)17(14)9-8-15(13)16/h4-10,18H,1-3H2. The second-order valence-corrected chi connectivity index (χ2v) is 6.15. The molecule has 4 rings (SSSR count). The van der Waals surface area contributed by atoms with Crippen LogP contribution in [0.15, 0.2) is 42.5 Å². The van der Waals surface area contributed by atoms with E-state index in [1.807, 2.05) is 6.07 Å². The van der Waals surface area contributed by atoms with Gasteiger partial charge in [0.15, 0.2) is 0 Å². The molecule has 0 spiro atoms. The predicted octanol–water partition coefficient (Wildman–Crippen LogP) is 6.11. The highest BCUT2D eigenvalue weighted by atomic mass is 19.4.